The number of benzene rings is 1. The first-order valence-electron chi connectivity index (χ1n) is 7.53. The number of rotatable bonds is 2. The second-order valence-corrected chi connectivity index (χ2v) is 5.70. The molecule has 2 aliphatic rings. The van der Waals surface area contributed by atoms with E-state index in [0.29, 0.717) is 23.0 Å². The number of hydrogen-bond donors (Lipinski definition) is 1. The maximum atomic E-state index is 12.7. The first-order valence-corrected chi connectivity index (χ1v) is 7.53. The molecule has 0 aromatic heterocycles. The summed E-state index contributed by atoms with van der Waals surface area (Å²) in [5.74, 6) is 0.190. The zero-order chi connectivity index (χ0) is 17.4. The molecule has 0 saturated carbocycles. The predicted octanol–water partition coefficient (Wildman–Crippen LogP) is 0.304. The lowest BCUT2D eigenvalue weighted by molar-refractivity contribution is -0.383. The van der Waals surface area contributed by atoms with Gasteiger partial charge in [0.25, 0.3) is 11.7 Å². The van der Waals surface area contributed by atoms with E-state index in [1.165, 1.54) is 11.9 Å². The van der Waals surface area contributed by atoms with Gasteiger partial charge in [-0.2, -0.15) is 4.90 Å². The summed E-state index contributed by atoms with van der Waals surface area (Å²) < 4.78 is 5.34. The Balaban J connectivity index is 2.13. The fourth-order valence-electron chi connectivity index (χ4n) is 2.84. The number of nitrogens with zero attached hydrogens (tertiary/aromatic N) is 3. The van der Waals surface area contributed by atoms with Crippen molar-refractivity contribution in [2.75, 3.05) is 21.2 Å². The second-order valence-electron chi connectivity index (χ2n) is 5.70. The number of amides is 3. The van der Waals surface area contributed by atoms with Crippen molar-refractivity contribution >= 4 is 29.2 Å². The van der Waals surface area contributed by atoms with Gasteiger partial charge in [0.05, 0.1) is 26.1 Å². The smallest absolute Gasteiger partial charge is 0.417 e. The summed E-state index contributed by atoms with van der Waals surface area (Å²) in [4.78, 5) is 35.1. The van der Waals surface area contributed by atoms with Gasteiger partial charge in [-0.3, -0.25) is 4.79 Å². The van der Waals surface area contributed by atoms with Crippen LogP contribution in [-0.4, -0.2) is 54.5 Å². The van der Waals surface area contributed by atoms with E-state index in [2.05, 4.69) is 9.98 Å². The lowest BCUT2D eigenvalue weighted by atomic mass is 9.91. The maximum Gasteiger partial charge on any atom is 0.417 e. The van der Waals surface area contributed by atoms with Crippen LogP contribution in [0.25, 0.3) is 0 Å². The van der Waals surface area contributed by atoms with Gasteiger partial charge in [0.1, 0.15) is 11.4 Å². The van der Waals surface area contributed by atoms with Crippen molar-refractivity contribution in [1.82, 2.24) is 9.80 Å². The van der Waals surface area contributed by atoms with Gasteiger partial charge >= 0.3 is 6.03 Å². The third-order valence-electron chi connectivity index (χ3n) is 4.23. The van der Waals surface area contributed by atoms with Crippen LogP contribution in [-0.2, 0) is 4.79 Å². The number of methoxy groups -OCH3 is 1. The molecule has 0 aliphatic carbocycles. The number of carbonyl (C=O) groups excluding carboxylic acids is 2. The minimum Gasteiger partial charge on any atom is -0.494 e. The number of nitrogens with one attached hydrogen (secondary N) is 1. The van der Waals surface area contributed by atoms with E-state index >= 15 is 0 Å². The SMILES string of the molecule is COc1ccccc1N=C1C(C)=C[NH+]=C2C1C(=O)N(C)C(=O)N2C. The van der Waals surface area contributed by atoms with E-state index in [1.54, 1.807) is 20.4 Å². The predicted molar refractivity (Wildman–Crippen MR) is 89.2 cm³/mol. The Morgan fingerprint density at radius 2 is 1.88 bits per heavy atom. The monoisotopic (exact) mass is 327 g/mol. The molecule has 1 N–H and O–H groups in total. The molecular formula is C17H19N4O3+. The molecule has 1 saturated heterocycles. The lowest BCUT2D eigenvalue weighted by Gasteiger charge is -2.32. The van der Waals surface area contributed by atoms with Crippen LogP contribution in [0, 0.1) is 5.92 Å². The average molecular weight is 327 g/mol. The molecule has 2 heterocycles. The van der Waals surface area contributed by atoms with E-state index in [-0.39, 0.29) is 11.9 Å². The lowest BCUT2D eigenvalue weighted by Crippen LogP contribution is -2.80. The summed E-state index contributed by atoms with van der Waals surface area (Å²) in [5.41, 5.74) is 2.07. The molecule has 0 bridgehead atoms. The topological polar surface area (TPSA) is 76.2 Å². The largest absolute Gasteiger partial charge is 0.494 e. The molecule has 1 aromatic carbocycles. The van der Waals surface area contributed by atoms with E-state index in [1.807, 2.05) is 31.2 Å². The quantitative estimate of drug-likeness (QED) is 0.849. The van der Waals surface area contributed by atoms with Crippen LogP contribution in [0.2, 0.25) is 0 Å². The summed E-state index contributed by atoms with van der Waals surface area (Å²) in [7, 11) is 4.69. The molecule has 1 unspecified atom stereocenters. The highest BCUT2D eigenvalue weighted by molar-refractivity contribution is 6.31. The number of fused-ring (bicyclic) bond motifs is 1. The average Bonchev–Trinajstić information content (AvgIpc) is 2.60. The maximum absolute atomic E-state index is 12.7. The van der Waals surface area contributed by atoms with Crippen molar-refractivity contribution in [1.29, 1.82) is 0 Å². The Morgan fingerprint density at radius 3 is 2.58 bits per heavy atom. The Hall–Kier alpha value is -2.96. The second kappa shape index (κ2) is 5.92. The van der Waals surface area contributed by atoms with Crippen LogP contribution in [0.5, 0.6) is 5.75 Å². The Bertz CT molecular complexity index is 810. The number of ether oxygens (including phenoxy) is 1. The molecule has 7 heteroatoms. The summed E-state index contributed by atoms with van der Waals surface area (Å²) >= 11 is 0. The van der Waals surface area contributed by atoms with Crippen LogP contribution in [0.3, 0.4) is 0 Å². The van der Waals surface area contributed by atoms with Crippen molar-refractivity contribution in [3.05, 3.63) is 36.0 Å². The van der Waals surface area contributed by atoms with Crippen molar-refractivity contribution < 1.29 is 19.3 Å². The third-order valence-corrected chi connectivity index (χ3v) is 4.23. The van der Waals surface area contributed by atoms with E-state index in [0.717, 1.165) is 10.5 Å². The Kier molecular flexibility index (Phi) is 3.92. The highest BCUT2D eigenvalue weighted by Crippen LogP contribution is 2.30. The fraction of sp³-hybridized carbons (Fsp3) is 0.294. The minimum atomic E-state index is -0.646. The van der Waals surface area contributed by atoms with Crippen LogP contribution in [0.15, 0.2) is 41.0 Å². The summed E-state index contributed by atoms with van der Waals surface area (Å²) in [6.07, 6.45) is 1.75. The molecule has 3 amide bonds. The van der Waals surface area contributed by atoms with Gasteiger partial charge in [0.2, 0.25) is 0 Å². The number of hydrogen-bond acceptors (Lipinski definition) is 4. The van der Waals surface area contributed by atoms with Gasteiger partial charge in [0.15, 0.2) is 5.92 Å². The molecule has 0 radical (unpaired) electrons. The van der Waals surface area contributed by atoms with Gasteiger partial charge in [0, 0.05) is 12.6 Å². The first-order chi connectivity index (χ1) is 11.5. The van der Waals surface area contributed by atoms with Crippen molar-refractivity contribution in [3.8, 4) is 5.75 Å². The fourth-order valence-corrected chi connectivity index (χ4v) is 2.84. The van der Waals surface area contributed by atoms with Crippen LogP contribution >= 0.6 is 0 Å². The minimum absolute atomic E-state index is 0.304. The van der Waals surface area contributed by atoms with Gasteiger partial charge in [-0.25, -0.2) is 19.7 Å². The summed E-state index contributed by atoms with van der Waals surface area (Å²) in [6, 6.07) is 6.98. The van der Waals surface area contributed by atoms with Crippen molar-refractivity contribution in [3.63, 3.8) is 0 Å². The van der Waals surface area contributed by atoms with E-state index in [9.17, 15) is 9.59 Å². The number of allylic oxidation sites excluding steroid dienone is 1. The molecule has 2 aliphatic heterocycles. The van der Waals surface area contributed by atoms with Crippen LogP contribution < -0.4 is 9.73 Å². The van der Waals surface area contributed by atoms with Crippen LogP contribution in [0.1, 0.15) is 6.92 Å². The molecule has 24 heavy (non-hydrogen) atoms. The molecule has 0 spiro atoms. The summed E-state index contributed by atoms with van der Waals surface area (Å²) in [6.45, 7) is 1.88. The van der Waals surface area contributed by atoms with Gasteiger partial charge in [-0.1, -0.05) is 12.1 Å². The highest BCUT2D eigenvalue weighted by Gasteiger charge is 2.50. The normalized spacial score (nSPS) is 22.3. The van der Waals surface area contributed by atoms with Gasteiger partial charge in [-0.15, -0.1) is 0 Å². The molecule has 1 atom stereocenters. The number of carbonyl (C=O) groups is 2. The number of urea groups is 1. The number of aliphatic imine (C=N–C) groups is 1. The molecule has 1 fully saturated rings. The number of amidine groups is 1. The van der Waals surface area contributed by atoms with Crippen LogP contribution in [0.4, 0.5) is 10.5 Å². The van der Waals surface area contributed by atoms with Crippen molar-refractivity contribution in [2.24, 2.45) is 10.9 Å². The molecule has 1 aromatic rings. The van der Waals surface area contributed by atoms with E-state index < -0.39 is 5.92 Å². The van der Waals surface area contributed by atoms with E-state index in [4.69, 9.17) is 4.74 Å². The number of para-hydroxylation sites is 2. The highest BCUT2D eigenvalue weighted by atomic mass is 16.5. The van der Waals surface area contributed by atoms with Gasteiger partial charge < -0.3 is 4.74 Å². The van der Waals surface area contributed by atoms with Gasteiger partial charge in [-0.05, 0) is 19.1 Å². The number of imide groups is 1. The Morgan fingerprint density at radius 1 is 1.17 bits per heavy atom. The molecule has 7 nitrogen and oxygen atoms in total. The zero-order valence-corrected chi connectivity index (χ0v) is 14.0. The summed E-state index contributed by atoms with van der Waals surface area (Å²) in [5, 5.41) is 0. The Labute approximate surface area is 139 Å². The zero-order valence-electron chi connectivity index (χ0n) is 14.0. The molecule has 3 rings (SSSR count). The van der Waals surface area contributed by atoms with Crippen molar-refractivity contribution in [2.45, 2.75) is 6.92 Å². The first kappa shape index (κ1) is 15.9. The molecular weight excluding hydrogens is 308 g/mol. The third kappa shape index (κ3) is 2.38. The standard InChI is InChI=1S/C17H18N4O3/c1-10-9-18-15-13(16(22)21(3)17(23)20(15)2)14(10)19-11-7-5-6-8-12(11)24-4/h5-9,13H,1-4H3/p+1. The molecule has 124 valence electrons.